The van der Waals surface area contributed by atoms with E-state index in [4.69, 9.17) is 0 Å². The van der Waals surface area contributed by atoms with Crippen LogP contribution in [-0.4, -0.2) is 18.4 Å². The number of Topliss-reactive ketones (excluding diaryl/α,β-unsaturated/α-hetero) is 1. The summed E-state index contributed by atoms with van der Waals surface area (Å²) in [5.41, 5.74) is -0.144. The Morgan fingerprint density at radius 3 is 2.59 bits per heavy atom. The van der Waals surface area contributed by atoms with Gasteiger partial charge in [-0.15, -0.1) is 0 Å². The van der Waals surface area contributed by atoms with Gasteiger partial charge in [0.2, 0.25) is 0 Å². The molecule has 0 saturated heterocycles. The third kappa shape index (κ3) is 4.30. The van der Waals surface area contributed by atoms with E-state index in [1.54, 1.807) is 0 Å². The van der Waals surface area contributed by atoms with Crippen LogP contribution in [0.15, 0.2) is 18.2 Å². The van der Waals surface area contributed by atoms with Crippen LogP contribution >= 0.6 is 0 Å². The number of ketones is 1. The quantitative estimate of drug-likeness (QED) is 0.452. The third-order valence-corrected chi connectivity index (χ3v) is 2.09. The zero-order chi connectivity index (χ0) is 12.8. The Balaban J connectivity index is 2.50. The maximum atomic E-state index is 13.2. The molecule has 0 aliphatic rings. The normalized spacial score (nSPS) is 10.1. The molecular formula is C12H12F2O3. The van der Waals surface area contributed by atoms with E-state index in [1.807, 2.05) is 0 Å². The lowest BCUT2D eigenvalue weighted by Crippen LogP contribution is -2.06. The Hall–Kier alpha value is -1.78. The number of ether oxygens (including phenoxy) is 1. The predicted octanol–water partition coefficient (Wildman–Crippen LogP) is 2.49. The van der Waals surface area contributed by atoms with Gasteiger partial charge in [0.1, 0.15) is 11.6 Å². The zero-order valence-electron chi connectivity index (χ0n) is 9.33. The van der Waals surface area contributed by atoms with Crippen LogP contribution in [0.1, 0.15) is 30.1 Å². The van der Waals surface area contributed by atoms with Crippen molar-refractivity contribution >= 4 is 11.8 Å². The summed E-state index contributed by atoms with van der Waals surface area (Å²) in [6.45, 7) is 1.38. The summed E-state index contributed by atoms with van der Waals surface area (Å²) in [5.74, 6) is -2.46. The lowest BCUT2D eigenvalue weighted by molar-refractivity contribution is -0.141. The van der Waals surface area contributed by atoms with Crippen LogP contribution in [0.25, 0.3) is 0 Å². The van der Waals surface area contributed by atoms with Crippen molar-refractivity contribution in [2.24, 2.45) is 0 Å². The molecule has 0 N–H and O–H groups in total. The molecule has 0 unspecified atom stereocenters. The molecule has 0 aliphatic carbocycles. The van der Waals surface area contributed by atoms with Crippen molar-refractivity contribution in [2.45, 2.75) is 19.8 Å². The number of hydrogen-bond donors (Lipinski definition) is 0. The molecule has 0 spiro atoms. The molecule has 0 radical (unpaired) electrons. The van der Waals surface area contributed by atoms with Crippen molar-refractivity contribution < 1.29 is 23.1 Å². The highest BCUT2D eigenvalue weighted by Crippen LogP contribution is 2.12. The molecule has 0 fully saturated rings. The molecule has 1 aromatic carbocycles. The average Bonchev–Trinajstić information content (AvgIpc) is 2.23. The van der Waals surface area contributed by atoms with Crippen LogP contribution < -0.4 is 0 Å². The molecule has 1 aromatic rings. The van der Waals surface area contributed by atoms with Crippen LogP contribution in [0.5, 0.6) is 0 Å². The molecule has 0 bridgehead atoms. The van der Waals surface area contributed by atoms with Gasteiger partial charge in [-0.3, -0.25) is 9.59 Å². The molecule has 0 atom stereocenters. The smallest absolute Gasteiger partial charge is 0.302 e. The second-order valence-corrected chi connectivity index (χ2v) is 3.49. The Bertz CT molecular complexity index is 430. The highest BCUT2D eigenvalue weighted by atomic mass is 19.1. The molecule has 0 saturated carbocycles. The van der Waals surface area contributed by atoms with E-state index in [0.717, 1.165) is 12.1 Å². The summed E-state index contributed by atoms with van der Waals surface area (Å²) in [4.78, 5) is 22.0. The molecule has 0 heterocycles. The summed E-state index contributed by atoms with van der Waals surface area (Å²) < 4.78 is 30.4. The molecule has 3 nitrogen and oxygen atoms in total. The average molecular weight is 242 g/mol. The molecular weight excluding hydrogens is 230 g/mol. The summed E-state index contributed by atoms with van der Waals surface area (Å²) in [7, 11) is 0. The zero-order valence-corrected chi connectivity index (χ0v) is 9.33. The summed E-state index contributed by atoms with van der Waals surface area (Å²) in [5, 5.41) is 0. The molecule has 17 heavy (non-hydrogen) atoms. The first-order chi connectivity index (χ1) is 8.00. The number of benzene rings is 1. The van der Waals surface area contributed by atoms with Crippen LogP contribution in [-0.2, 0) is 9.53 Å². The van der Waals surface area contributed by atoms with Crippen molar-refractivity contribution in [1.82, 2.24) is 0 Å². The standard InChI is InChI=1S/C12H12F2O3/c1-8(15)17-6-2-3-12(16)10-5-4-9(13)7-11(10)14/h4-5,7H,2-3,6H2,1H3. The van der Waals surface area contributed by atoms with Crippen molar-refractivity contribution in [3.63, 3.8) is 0 Å². The van der Waals surface area contributed by atoms with Crippen LogP contribution in [0.4, 0.5) is 8.78 Å². The van der Waals surface area contributed by atoms with Gasteiger partial charge in [-0.2, -0.15) is 0 Å². The van der Waals surface area contributed by atoms with Crippen molar-refractivity contribution in [1.29, 1.82) is 0 Å². The topological polar surface area (TPSA) is 43.4 Å². The Morgan fingerprint density at radius 2 is 2.00 bits per heavy atom. The van der Waals surface area contributed by atoms with Gasteiger partial charge < -0.3 is 4.74 Å². The van der Waals surface area contributed by atoms with E-state index in [2.05, 4.69) is 4.74 Å². The van der Waals surface area contributed by atoms with Crippen LogP contribution in [0.2, 0.25) is 0 Å². The molecule has 0 amide bonds. The van der Waals surface area contributed by atoms with Gasteiger partial charge in [0.05, 0.1) is 12.2 Å². The Labute approximate surface area is 97.4 Å². The van der Waals surface area contributed by atoms with E-state index >= 15 is 0 Å². The first-order valence-corrected chi connectivity index (χ1v) is 5.12. The number of esters is 1. The maximum Gasteiger partial charge on any atom is 0.302 e. The summed E-state index contributed by atoms with van der Waals surface area (Å²) in [6, 6.07) is 2.81. The van der Waals surface area contributed by atoms with E-state index in [9.17, 15) is 18.4 Å². The molecule has 5 heteroatoms. The van der Waals surface area contributed by atoms with Gasteiger partial charge in [0.25, 0.3) is 0 Å². The Morgan fingerprint density at radius 1 is 1.29 bits per heavy atom. The van der Waals surface area contributed by atoms with Gasteiger partial charge in [0, 0.05) is 19.4 Å². The Kier molecular flexibility index (Phi) is 4.75. The highest BCUT2D eigenvalue weighted by molar-refractivity contribution is 5.96. The lowest BCUT2D eigenvalue weighted by atomic mass is 10.1. The second-order valence-electron chi connectivity index (χ2n) is 3.49. The number of carbonyl (C=O) groups is 2. The van der Waals surface area contributed by atoms with E-state index in [-0.39, 0.29) is 18.6 Å². The van der Waals surface area contributed by atoms with Gasteiger partial charge in [-0.05, 0) is 18.6 Å². The first-order valence-electron chi connectivity index (χ1n) is 5.12. The van der Waals surface area contributed by atoms with E-state index < -0.39 is 23.4 Å². The lowest BCUT2D eigenvalue weighted by Gasteiger charge is -2.03. The fourth-order valence-electron chi connectivity index (χ4n) is 1.30. The maximum absolute atomic E-state index is 13.2. The van der Waals surface area contributed by atoms with Gasteiger partial charge in [-0.25, -0.2) is 8.78 Å². The molecule has 92 valence electrons. The SMILES string of the molecule is CC(=O)OCCCC(=O)c1ccc(F)cc1F. The summed E-state index contributed by atoms with van der Waals surface area (Å²) >= 11 is 0. The highest BCUT2D eigenvalue weighted by Gasteiger charge is 2.12. The van der Waals surface area contributed by atoms with Gasteiger partial charge in [0.15, 0.2) is 5.78 Å². The molecule has 1 rings (SSSR count). The first kappa shape index (κ1) is 13.3. The van der Waals surface area contributed by atoms with Crippen LogP contribution in [0, 0.1) is 11.6 Å². The van der Waals surface area contributed by atoms with Gasteiger partial charge >= 0.3 is 5.97 Å². The van der Waals surface area contributed by atoms with Gasteiger partial charge in [-0.1, -0.05) is 0 Å². The van der Waals surface area contributed by atoms with Crippen molar-refractivity contribution in [2.75, 3.05) is 6.61 Å². The molecule has 0 aliphatic heterocycles. The van der Waals surface area contributed by atoms with Crippen molar-refractivity contribution in [3.8, 4) is 0 Å². The number of hydrogen-bond acceptors (Lipinski definition) is 3. The molecule has 0 aromatic heterocycles. The second kappa shape index (κ2) is 6.08. The third-order valence-electron chi connectivity index (χ3n) is 2.09. The van der Waals surface area contributed by atoms with Crippen molar-refractivity contribution in [3.05, 3.63) is 35.4 Å². The van der Waals surface area contributed by atoms with E-state index in [1.165, 1.54) is 6.92 Å². The largest absolute Gasteiger partial charge is 0.466 e. The predicted molar refractivity (Wildman–Crippen MR) is 56.6 cm³/mol. The van der Waals surface area contributed by atoms with Crippen LogP contribution in [0.3, 0.4) is 0 Å². The minimum Gasteiger partial charge on any atom is -0.466 e. The number of carbonyl (C=O) groups excluding carboxylic acids is 2. The number of rotatable bonds is 5. The van der Waals surface area contributed by atoms with E-state index in [0.29, 0.717) is 12.5 Å². The fraction of sp³-hybridized carbons (Fsp3) is 0.333. The summed E-state index contributed by atoms with van der Waals surface area (Å²) in [6.07, 6.45) is 0.366. The minimum absolute atomic E-state index is 0.0514. The monoisotopic (exact) mass is 242 g/mol. The number of halogens is 2. The fourth-order valence-corrected chi connectivity index (χ4v) is 1.30. The minimum atomic E-state index is -0.873.